The highest BCUT2D eigenvalue weighted by Gasteiger charge is 2.08. The van der Waals surface area contributed by atoms with Gasteiger partial charge in [-0.15, -0.1) is 0 Å². The summed E-state index contributed by atoms with van der Waals surface area (Å²) in [6.07, 6.45) is 1.87. The lowest BCUT2D eigenvalue weighted by Gasteiger charge is -2.13. The van der Waals surface area contributed by atoms with Crippen LogP contribution in [0.2, 0.25) is 0 Å². The maximum absolute atomic E-state index is 6.00. The first-order valence-corrected chi connectivity index (χ1v) is 4.24. The Labute approximate surface area is 76.6 Å². The van der Waals surface area contributed by atoms with Gasteiger partial charge in [0.1, 0.15) is 0 Å². The molecule has 2 rings (SSSR count). The summed E-state index contributed by atoms with van der Waals surface area (Å²) in [5.41, 5.74) is 2.13. The number of anilines is 1. The fraction of sp³-hybridized carbons (Fsp3) is 0.222. The minimum absolute atomic E-state index is 0.762. The molecule has 62 valence electrons. The molecular formula is C9H9ClN2. The summed E-state index contributed by atoms with van der Waals surface area (Å²) < 4.78 is 1.71. The van der Waals surface area contributed by atoms with Gasteiger partial charge in [0.15, 0.2) is 0 Å². The predicted octanol–water partition coefficient (Wildman–Crippen LogP) is 2.08. The molecule has 1 aliphatic rings. The Kier molecular flexibility index (Phi) is 2.00. The Morgan fingerprint density at radius 2 is 2.17 bits per heavy atom. The van der Waals surface area contributed by atoms with Gasteiger partial charge in [0, 0.05) is 23.6 Å². The second-order valence-corrected chi connectivity index (χ2v) is 3.09. The minimum atomic E-state index is 0.762. The quantitative estimate of drug-likeness (QED) is 0.559. The van der Waals surface area contributed by atoms with Crippen molar-refractivity contribution < 1.29 is 0 Å². The van der Waals surface area contributed by atoms with Gasteiger partial charge >= 0.3 is 0 Å². The summed E-state index contributed by atoms with van der Waals surface area (Å²) in [5, 5.41) is 0. The van der Waals surface area contributed by atoms with E-state index in [0.29, 0.717) is 0 Å². The summed E-state index contributed by atoms with van der Waals surface area (Å²) in [6, 6.07) is 7.98. The Hall–Kier alpha value is -1.02. The first kappa shape index (κ1) is 7.62. The van der Waals surface area contributed by atoms with Crippen LogP contribution in [-0.4, -0.2) is 19.3 Å². The molecule has 2 nitrogen and oxygen atoms in total. The van der Waals surface area contributed by atoms with Crippen LogP contribution in [0.5, 0.6) is 0 Å². The minimum Gasteiger partial charge on any atom is -0.291 e. The van der Waals surface area contributed by atoms with Gasteiger partial charge in [-0.1, -0.05) is 18.2 Å². The van der Waals surface area contributed by atoms with E-state index < -0.39 is 0 Å². The zero-order valence-electron chi connectivity index (χ0n) is 6.57. The largest absolute Gasteiger partial charge is 0.291 e. The van der Waals surface area contributed by atoms with Gasteiger partial charge in [-0.3, -0.25) is 9.41 Å². The second kappa shape index (κ2) is 3.15. The van der Waals surface area contributed by atoms with Gasteiger partial charge in [-0.25, -0.2) is 0 Å². The van der Waals surface area contributed by atoms with E-state index in [4.69, 9.17) is 11.8 Å². The summed E-state index contributed by atoms with van der Waals surface area (Å²) in [7, 11) is 0. The number of nitrogens with zero attached hydrogens (tertiary/aromatic N) is 2. The normalized spacial score (nSPS) is 15.6. The number of benzene rings is 1. The lowest BCUT2D eigenvalue weighted by Crippen LogP contribution is -2.13. The first-order valence-electron chi connectivity index (χ1n) is 3.90. The molecule has 3 heteroatoms. The van der Waals surface area contributed by atoms with Gasteiger partial charge in [0.05, 0.1) is 18.8 Å². The second-order valence-electron chi connectivity index (χ2n) is 2.68. The number of benzodiazepines with no additional fused rings is 1. The Balaban J connectivity index is 2.49. The number of halogens is 1. The van der Waals surface area contributed by atoms with Crippen molar-refractivity contribution in [3.63, 3.8) is 0 Å². The molecule has 0 N–H and O–H groups in total. The van der Waals surface area contributed by atoms with Crippen LogP contribution in [0.4, 0.5) is 5.69 Å². The number of fused-ring (bicyclic) bond motifs is 1. The number of rotatable bonds is 0. The molecule has 0 spiro atoms. The molecule has 0 radical (unpaired) electrons. The van der Waals surface area contributed by atoms with Crippen LogP contribution < -0.4 is 4.42 Å². The van der Waals surface area contributed by atoms with Crippen molar-refractivity contribution in [1.29, 1.82) is 0 Å². The van der Waals surface area contributed by atoms with Crippen LogP contribution in [0.25, 0.3) is 0 Å². The number of hydrogen-bond acceptors (Lipinski definition) is 2. The molecule has 0 unspecified atom stereocenters. The summed E-state index contributed by atoms with van der Waals surface area (Å²) >= 11 is 6.00. The molecule has 1 heterocycles. The monoisotopic (exact) mass is 180 g/mol. The Morgan fingerprint density at radius 1 is 1.33 bits per heavy atom. The molecular weight excluding hydrogens is 172 g/mol. The van der Waals surface area contributed by atoms with Crippen LogP contribution in [0, 0.1) is 0 Å². The maximum atomic E-state index is 6.00. The SMILES string of the molecule is ClN1CCN=Cc2ccccc21. The molecule has 0 fully saturated rings. The van der Waals surface area contributed by atoms with E-state index in [1.165, 1.54) is 0 Å². The van der Waals surface area contributed by atoms with E-state index in [9.17, 15) is 0 Å². The average molecular weight is 181 g/mol. The van der Waals surface area contributed by atoms with E-state index in [-0.39, 0.29) is 0 Å². The lowest BCUT2D eigenvalue weighted by molar-refractivity contribution is 0.980. The van der Waals surface area contributed by atoms with Crippen molar-refractivity contribution in [2.24, 2.45) is 4.99 Å². The van der Waals surface area contributed by atoms with E-state index >= 15 is 0 Å². The molecule has 1 aliphatic heterocycles. The maximum Gasteiger partial charge on any atom is 0.0611 e. The number of para-hydroxylation sites is 1. The van der Waals surface area contributed by atoms with Crippen LogP contribution in [0.3, 0.4) is 0 Å². The zero-order chi connectivity index (χ0) is 8.39. The van der Waals surface area contributed by atoms with Crippen LogP contribution in [0.15, 0.2) is 29.3 Å². The van der Waals surface area contributed by atoms with Gasteiger partial charge in [-0.2, -0.15) is 0 Å². The summed E-state index contributed by atoms with van der Waals surface area (Å²) in [6.45, 7) is 1.53. The predicted molar refractivity (Wildman–Crippen MR) is 52.1 cm³/mol. The molecule has 0 saturated heterocycles. The Morgan fingerprint density at radius 3 is 3.08 bits per heavy atom. The highest BCUT2D eigenvalue weighted by Crippen LogP contribution is 2.21. The van der Waals surface area contributed by atoms with E-state index in [1.54, 1.807) is 4.42 Å². The summed E-state index contributed by atoms with van der Waals surface area (Å²) in [5.74, 6) is 0. The van der Waals surface area contributed by atoms with Crippen LogP contribution >= 0.6 is 11.8 Å². The van der Waals surface area contributed by atoms with E-state index in [2.05, 4.69) is 4.99 Å². The van der Waals surface area contributed by atoms with Crippen molar-refractivity contribution in [3.05, 3.63) is 29.8 Å². The van der Waals surface area contributed by atoms with Gasteiger partial charge < -0.3 is 0 Å². The molecule has 12 heavy (non-hydrogen) atoms. The molecule has 0 amide bonds. The number of hydrogen-bond donors (Lipinski definition) is 0. The highest BCUT2D eigenvalue weighted by molar-refractivity contribution is 6.26. The zero-order valence-corrected chi connectivity index (χ0v) is 7.33. The van der Waals surface area contributed by atoms with E-state index in [0.717, 1.165) is 24.3 Å². The van der Waals surface area contributed by atoms with Crippen molar-refractivity contribution >= 4 is 23.7 Å². The standard InChI is InChI=1S/C9H9ClN2/c10-12-6-5-11-7-8-3-1-2-4-9(8)12/h1-4,7H,5-6H2. The van der Waals surface area contributed by atoms with Gasteiger partial charge in [0.25, 0.3) is 0 Å². The van der Waals surface area contributed by atoms with Crippen molar-refractivity contribution in [3.8, 4) is 0 Å². The molecule has 0 aromatic heterocycles. The molecule has 0 bridgehead atoms. The van der Waals surface area contributed by atoms with Gasteiger partial charge in [-0.05, 0) is 6.07 Å². The average Bonchev–Trinajstić information content (AvgIpc) is 2.29. The highest BCUT2D eigenvalue weighted by atomic mass is 35.5. The molecule has 0 saturated carbocycles. The Bertz CT molecular complexity index is 309. The van der Waals surface area contributed by atoms with Crippen LogP contribution in [-0.2, 0) is 0 Å². The lowest BCUT2D eigenvalue weighted by atomic mass is 10.2. The van der Waals surface area contributed by atoms with Crippen molar-refractivity contribution in [2.45, 2.75) is 0 Å². The molecule has 0 atom stereocenters. The van der Waals surface area contributed by atoms with E-state index in [1.807, 2.05) is 30.5 Å². The molecule has 0 aliphatic carbocycles. The summed E-state index contributed by atoms with van der Waals surface area (Å²) in [4.78, 5) is 4.21. The first-order chi connectivity index (χ1) is 5.88. The topological polar surface area (TPSA) is 15.6 Å². The molecule has 1 aromatic carbocycles. The smallest absolute Gasteiger partial charge is 0.0611 e. The van der Waals surface area contributed by atoms with Crippen LogP contribution in [0.1, 0.15) is 5.56 Å². The molecule has 1 aromatic rings. The third-order valence-corrected chi connectivity index (χ3v) is 2.21. The fourth-order valence-electron chi connectivity index (χ4n) is 1.25. The number of aliphatic imine (C=N–C) groups is 1. The van der Waals surface area contributed by atoms with Gasteiger partial charge in [0.2, 0.25) is 0 Å². The van der Waals surface area contributed by atoms with Crippen molar-refractivity contribution in [1.82, 2.24) is 0 Å². The third kappa shape index (κ3) is 1.30. The fourth-order valence-corrected chi connectivity index (χ4v) is 1.48. The third-order valence-electron chi connectivity index (χ3n) is 1.85. The van der Waals surface area contributed by atoms with Crippen molar-refractivity contribution in [2.75, 3.05) is 17.5 Å².